The first-order valence-electron chi connectivity index (χ1n) is 7.00. The van der Waals surface area contributed by atoms with Crippen molar-refractivity contribution >= 4 is 5.78 Å². The lowest BCUT2D eigenvalue weighted by molar-refractivity contribution is -0.124. The average Bonchev–Trinajstić information content (AvgIpc) is 2.89. The minimum Gasteiger partial charge on any atom is -0.298 e. The normalized spacial score (nSPS) is 32.4. The smallest absolute Gasteiger partial charge is 0.149 e. The molecule has 0 bridgehead atoms. The summed E-state index contributed by atoms with van der Waals surface area (Å²) in [6.07, 6.45) is 8.59. The minimum absolute atomic E-state index is 0.394. The van der Waals surface area contributed by atoms with E-state index >= 15 is 0 Å². The second-order valence-electron chi connectivity index (χ2n) is 5.61. The summed E-state index contributed by atoms with van der Waals surface area (Å²) in [6, 6.07) is 1.29. The molecule has 0 amide bonds. The Balaban J connectivity index is 1.89. The molecule has 0 spiro atoms. The van der Waals surface area contributed by atoms with Crippen LogP contribution < -0.4 is 0 Å². The molecular formula is C14H25NO. The number of hydrogen-bond acceptors (Lipinski definition) is 2. The van der Waals surface area contributed by atoms with E-state index in [-0.39, 0.29) is 0 Å². The van der Waals surface area contributed by atoms with Crippen molar-refractivity contribution in [3.8, 4) is 0 Å². The molecule has 2 fully saturated rings. The Morgan fingerprint density at radius 3 is 2.50 bits per heavy atom. The highest BCUT2D eigenvalue weighted by molar-refractivity contribution is 5.83. The van der Waals surface area contributed by atoms with Gasteiger partial charge in [-0.15, -0.1) is 0 Å². The molecule has 0 aromatic heterocycles. The monoisotopic (exact) mass is 223 g/mol. The molecular weight excluding hydrogens is 198 g/mol. The second kappa shape index (κ2) is 5.31. The van der Waals surface area contributed by atoms with Gasteiger partial charge in [-0.2, -0.15) is 0 Å². The Hall–Kier alpha value is -0.370. The third kappa shape index (κ3) is 2.48. The molecule has 1 aliphatic heterocycles. The summed E-state index contributed by atoms with van der Waals surface area (Å²) < 4.78 is 0. The van der Waals surface area contributed by atoms with Crippen LogP contribution in [-0.4, -0.2) is 29.3 Å². The number of carbonyl (C=O) groups is 1. The van der Waals surface area contributed by atoms with Gasteiger partial charge in [0.15, 0.2) is 0 Å². The summed E-state index contributed by atoms with van der Waals surface area (Å²) in [4.78, 5) is 14.6. The molecule has 2 heteroatoms. The number of nitrogens with zero attached hydrogens (tertiary/aromatic N) is 1. The Morgan fingerprint density at radius 2 is 1.88 bits per heavy atom. The zero-order valence-corrected chi connectivity index (χ0v) is 10.7. The first kappa shape index (κ1) is 12.1. The number of hydrogen-bond donors (Lipinski definition) is 0. The molecule has 2 unspecified atom stereocenters. The summed E-state index contributed by atoms with van der Waals surface area (Å²) in [7, 11) is 0. The molecule has 2 aliphatic rings. The fraction of sp³-hybridized carbons (Fsp3) is 0.929. The van der Waals surface area contributed by atoms with E-state index in [1.807, 2.05) is 0 Å². The lowest BCUT2D eigenvalue weighted by Crippen LogP contribution is -2.39. The molecule has 1 saturated heterocycles. The number of likely N-dealkylation sites (tertiary alicyclic amines) is 1. The Bertz CT molecular complexity index is 245. The van der Waals surface area contributed by atoms with Crippen LogP contribution in [0.15, 0.2) is 0 Å². The maximum atomic E-state index is 12.2. The highest BCUT2D eigenvalue weighted by Crippen LogP contribution is 2.29. The summed E-state index contributed by atoms with van der Waals surface area (Å²) >= 11 is 0. The van der Waals surface area contributed by atoms with Crippen molar-refractivity contribution in [3.63, 3.8) is 0 Å². The van der Waals surface area contributed by atoms with Gasteiger partial charge in [-0.25, -0.2) is 0 Å². The van der Waals surface area contributed by atoms with Crippen molar-refractivity contribution in [2.24, 2.45) is 5.92 Å². The Labute approximate surface area is 99.4 Å². The molecule has 1 aliphatic carbocycles. The average molecular weight is 223 g/mol. The molecule has 2 nitrogen and oxygen atoms in total. The zero-order chi connectivity index (χ0) is 11.5. The van der Waals surface area contributed by atoms with E-state index < -0.39 is 0 Å². The van der Waals surface area contributed by atoms with Crippen LogP contribution in [0, 0.1) is 5.92 Å². The van der Waals surface area contributed by atoms with Crippen LogP contribution >= 0.6 is 0 Å². The van der Waals surface area contributed by atoms with E-state index in [1.165, 1.54) is 32.1 Å². The molecule has 0 N–H and O–H groups in total. The number of ketones is 1. The van der Waals surface area contributed by atoms with Crippen molar-refractivity contribution in [1.29, 1.82) is 0 Å². The predicted octanol–water partition coefficient (Wildman–Crippen LogP) is 3.01. The molecule has 1 heterocycles. The molecule has 0 aromatic rings. The van der Waals surface area contributed by atoms with Crippen molar-refractivity contribution < 1.29 is 4.79 Å². The number of Topliss-reactive ketones (excluding diaryl/α,β-unsaturated/α-hetero) is 1. The maximum Gasteiger partial charge on any atom is 0.149 e. The Morgan fingerprint density at radius 1 is 1.19 bits per heavy atom. The van der Waals surface area contributed by atoms with Gasteiger partial charge in [0, 0.05) is 18.0 Å². The fourth-order valence-corrected chi connectivity index (χ4v) is 3.41. The largest absolute Gasteiger partial charge is 0.298 e. The van der Waals surface area contributed by atoms with Crippen LogP contribution in [0.25, 0.3) is 0 Å². The van der Waals surface area contributed by atoms with Crippen LogP contribution in [-0.2, 0) is 4.79 Å². The molecule has 0 aromatic carbocycles. The topological polar surface area (TPSA) is 20.3 Å². The van der Waals surface area contributed by atoms with Crippen molar-refractivity contribution in [3.05, 3.63) is 0 Å². The lowest BCUT2D eigenvalue weighted by Gasteiger charge is -2.27. The lowest BCUT2D eigenvalue weighted by atomic mass is 10.0. The first-order chi connectivity index (χ1) is 7.72. The molecule has 2 rings (SSSR count). The molecule has 0 radical (unpaired) electrons. The van der Waals surface area contributed by atoms with Gasteiger partial charge in [-0.1, -0.05) is 19.8 Å². The summed E-state index contributed by atoms with van der Waals surface area (Å²) in [5.41, 5.74) is 0. The van der Waals surface area contributed by atoms with Gasteiger partial charge in [-0.3, -0.25) is 9.69 Å². The van der Waals surface area contributed by atoms with Gasteiger partial charge in [0.2, 0.25) is 0 Å². The first-order valence-corrected chi connectivity index (χ1v) is 7.00. The van der Waals surface area contributed by atoms with Crippen LogP contribution in [0.5, 0.6) is 0 Å². The molecule has 92 valence electrons. The standard InChI is InChI=1S/C14H25NO/c1-3-13-9-8-11(2)15(13)10-14(16)12-6-4-5-7-12/h11-13H,3-10H2,1-2H3. The number of carbonyl (C=O) groups excluding carboxylic acids is 1. The van der Waals surface area contributed by atoms with E-state index in [0.29, 0.717) is 23.8 Å². The minimum atomic E-state index is 0.394. The summed E-state index contributed by atoms with van der Waals surface area (Å²) in [6.45, 7) is 5.25. The summed E-state index contributed by atoms with van der Waals surface area (Å²) in [5.74, 6) is 0.912. The Kier molecular flexibility index (Phi) is 4.01. The van der Waals surface area contributed by atoms with Gasteiger partial charge in [0.25, 0.3) is 0 Å². The quantitative estimate of drug-likeness (QED) is 0.730. The highest BCUT2D eigenvalue weighted by atomic mass is 16.1. The highest BCUT2D eigenvalue weighted by Gasteiger charge is 2.32. The third-order valence-corrected chi connectivity index (χ3v) is 4.57. The zero-order valence-electron chi connectivity index (χ0n) is 10.7. The fourth-order valence-electron chi connectivity index (χ4n) is 3.41. The van der Waals surface area contributed by atoms with Gasteiger partial charge in [0.05, 0.1) is 6.54 Å². The van der Waals surface area contributed by atoms with Crippen molar-refractivity contribution in [2.75, 3.05) is 6.54 Å². The van der Waals surface area contributed by atoms with Gasteiger partial charge >= 0.3 is 0 Å². The molecule has 16 heavy (non-hydrogen) atoms. The van der Waals surface area contributed by atoms with Gasteiger partial charge in [0.1, 0.15) is 5.78 Å². The number of rotatable bonds is 4. The second-order valence-corrected chi connectivity index (χ2v) is 5.61. The van der Waals surface area contributed by atoms with Gasteiger partial charge in [-0.05, 0) is 39.0 Å². The maximum absolute atomic E-state index is 12.2. The van der Waals surface area contributed by atoms with Gasteiger partial charge < -0.3 is 0 Å². The van der Waals surface area contributed by atoms with E-state index in [1.54, 1.807) is 0 Å². The van der Waals surface area contributed by atoms with E-state index in [9.17, 15) is 4.79 Å². The van der Waals surface area contributed by atoms with Crippen molar-refractivity contribution in [2.45, 2.75) is 70.9 Å². The van der Waals surface area contributed by atoms with Crippen LogP contribution in [0.3, 0.4) is 0 Å². The summed E-state index contributed by atoms with van der Waals surface area (Å²) in [5, 5.41) is 0. The van der Waals surface area contributed by atoms with E-state index in [0.717, 1.165) is 19.4 Å². The SMILES string of the molecule is CCC1CCC(C)N1CC(=O)C1CCCC1. The van der Waals surface area contributed by atoms with Crippen LogP contribution in [0.4, 0.5) is 0 Å². The predicted molar refractivity (Wildman–Crippen MR) is 66.4 cm³/mol. The van der Waals surface area contributed by atoms with Crippen LogP contribution in [0.2, 0.25) is 0 Å². The van der Waals surface area contributed by atoms with E-state index in [2.05, 4.69) is 18.7 Å². The van der Waals surface area contributed by atoms with Crippen LogP contribution in [0.1, 0.15) is 58.8 Å². The van der Waals surface area contributed by atoms with E-state index in [4.69, 9.17) is 0 Å². The third-order valence-electron chi connectivity index (χ3n) is 4.57. The van der Waals surface area contributed by atoms with Crippen molar-refractivity contribution in [1.82, 2.24) is 4.90 Å². The molecule has 2 atom stereocenters. The molecule has 1 saturated carbocycles.